The van der Waals surface area contributed by atoms with Crippen molar-refractivity contribution in [1.29, 1.82) is 0 Å². The van der Waals surface area contributed by atoms with Crippen LogP contribution in [-0.4, -0.2) is 4.98 Å². The van der Waals surface area contributed by atoms with Crippen LogP contribution in [0.4, 0.5) is 0 Å². The van der Waals surface area contributed by atoms with Crippen molar-refractivity contribution < 1.29 is 0 Å². The molecule has 1 heterocycles. The molecule has 1 aliphatic carbocycles. The van der Waals surface area contributed by atoms with Crippen molar-refractivity contribution in [2.75, 3.05) is 0 Å². The number of thiazole rings is 1. The highest BCUT2D eigenvalue weighted by molar-refractivity contribution is 7.11. The van der Waals surface area contributed by atoms with E-state index in [1.165, 1.54) is 43.4 Å². The number of aryl methyl sites for hydroxylation is 2. The first-order valence-electron chi connectivity index (χ1n) is 10.4. The molecule has 3 aromatic carbocycles. The first-order valence-corrected chi connectivity index (χ1v) is 11.2. The van der Waals surface area contributed by atoms with Crippen molar-refractivity contribution in [3.8, 4) is 11.1 Å². The molecule has 1 aliphatic rings. The van der Waals surface area contributed by atoms with E-state index in [9.17, 15) is 0 Å². The number of rotatable bonds is 3. The van der Waals surface area contributed by atoms with Gasteiger partial charge in [0, 0.05) is 10.8 Å². The fourth-order valence-electron chi connectivity index (χ4n) is 4.66. The summed E-state index contributed by atoms with van der Waals surface area (Å²) >= 11 is 1.88. The molecule has 0 bridgehead atoms. The van der Waals surface area contributed by atoms with Crippen LogP contribution >= 0.6 is 11.3 Å². The van der Waals surface area contributed by atoms with Gasteiger partial charge in [0.25, 0.3) is 0 Å². The van der Waals surface area contributed by atoms with Crippen LogP contribution in [0.5, 0.6) is 0 Å². The Kier molecular flexibility index (Phi) is 4.81. The Morgan fingerprint density at radius 1 is 0.759 bits per heavy atom. The molecule has 0 N–H and O–H groups in total. The van der Waals surface area contributed by atoms with Gasteiger partial charge < -0.3 is 0 Å². The van der Waals surface area contributed by atoms with E-state index in [-0.39, 0.29) is 0 Å². The van der Waals surface area contributed by atoms with E-state index in [0.717, 1.165) is 12.8 Å². The van der Waals surface area contributed by atoms with Gasteiger partial charge >= 0.3 is 0 Å². The highest BCUT2D eigenvalue weighted by Gasteiger charge is 2.34. The molecule has 144 valence electrons. The highest BCUT2D eigenvalue weighted by Crippen LogP contribution is 2.46. The Balaban J connectivity index is 1.64. The lowest BCUT2D eigenvalue weighted by atomic mass is 9.71. The average Bonchev–Trinajstić information content (AvgIpc) is 3.12. The summed E-state index contributed by atoms with van der Waals surface area (Å²) < 4.78 is 0. The second kappa shape index (κ2) is 7.61. The Bertz CT molecular complexity index is 1110. The van der Waals surface area contributed by atoms with Gasteiger partial charge in [0.1, 0.15) is 0 Å². The van der Waals surface area contributed by atoms with E-state index in [1.54, 1.807) is 0 Å². The maximum atomic E-state index is 5.00. The van der Waals surface area contributed by atoms with Gasteiger partial charge in [0.05, 0.1) is 10.7 Å². The van der Waals surface area contributed by atoms with Gasteiger partial charge in [-0.25, -0.2) is 4.98 Å². The Hall–Kier alpha value is -2.71. The molecule has 5 rings (SSSR count). The third-order valence-electron chi connectivity index (χ3n) is 6.30. The van der Waals surface area contributed by atoms with Gasteiger partial charge in [0.2, 0.25) is 0 Å². The standard InChI is InChI=1S/C27H25NS/c1-18-19(2)29-27(28-18)26-17-25-22(16-24(26)21-12-7-4-8-13-21)14-9-15-23(25)20-10-5-3-6-11-20/h3-15,24,26H,16-17H2,1-2H3. The zero-order chi connectivity index (χ0) is 19.8. The summed E-state index contributed by atoms with van der Waals surface area (Å²) in [6, 6.07) is 28.7. The number of fused-ring (bicyclic) bond motifs is 1. The molecule has 0 spiro atoms. The van der Waals surface area contributed by atoms with Crippen LogP contribution in [0.3, 0.4) is 0 Å². The zero-order valence-electron chi connectivity index (χ0n) is 16.9. The van der Waals surface area contributed by atoms with Crippen molar-refractivity contribution in [3.63, 3.8) is 0 Å². The van der Waals surface area contributed by atoms with Gasteiger partial charge in [-0.15, -0.1) is 11.3 Å². The molecule has 2 heteroatoms. The predicted molar refractivity (Wildman–Crippen MR) is 123 cm³/mol. The first kappa shape index (κ1) is 18.3. The van der Waals surface area contributed by atoms with E-state index in [2.05, 4.69) is 92.7 Å². The number of hydrogen-bond acceptors (Lipinski definition) is 2. The van der Waals surface area contributed by atoms with Crippen molar-refractivity contribution in [3.05, 3.63) is 111 Å². The van der Waals surface area contributed by atoms with E-state index >= 15 is 0 Å². The quantitative estimate of drug-likeness (QED) is 0.361. The van der Waals surface area contributed by atoms with E-state index < -0.39 is 0 Å². The average molecular weight is 396 g/mol. The lowest BCUT2D eigenvalue weighted by molar-refractivity contribution is 0.499. The smallest absolute Gasteiger partial charge is 0.0971 e. The van der Waals surface area contributed by atoms with Crippen LogP contribution in [0, 0.1) is 13.8 Å². The third-order valence-corrected chi connectivity index (χ3v) is 7.50. The van der Waals surface area contributed by atoms with E-state index in [1.807, 2.05) is 11.3 Å². The molecule has 0 aliphatic heterocycles. The minimum Gasteiger partial charge on any atom is -0.246 e. The van der Waals surface area contributed by atoms with Gasteiger partial charge in [-0.1, -0.05) is 78.9 Å². The van der Waals surface area contributed by atoms with E-state index in [4.69, 9.17) is 4.98 Å². The molecule has 0 radical (unpaired) electrons. The molecular weight excluding hydrogens is 370 g/mol. The third kappa shape index (κ3) is 3.42. The summed E-state index contributed by atoms with van der Waals surface area (Å²) in [5.41, 5.74) is 8.29. The topological polar surface area (TPSA) is 12.9 Å². The largest absolute Gasteiger partial charge is 0.246 e. The van der Waals surface area contributed by atoms with Gasteiger partial charge in [-0.2, -0.15) is 0 Å². The van der Waals surface area contributed by atoms with Crippen LogP contribution < -0.4 is 0 Å². The molecule has 0 saturated carbocycles. The molecule has 0 amide bonds. The molecule has 1 aromatic heterocycles. The second-order valence-electron chi connectivity index (χ2n) is 8.03. The van der Waals surface area contributed by atoms with Crippen molar-refractivity contribution in [1.82, 2.24) is 4.98 Å². The summed E-state index contributed by atoms with van der Waals surface area (Å²) in [5, 5.41) is 1.29. The molecule has 4 aromatic rings. The van der Waals surface area contributed by atoms with Crippen LogP contribution in [0.15, 0.2) is 78.9 Å². The zero-order valence-corrected chi connectivity index (χ0v) is 17.7. The Morgan fingerprint density at radius 3 is 2.17 bits per heavy atom. The Morgan fingerprint density at radius 2 is 1.48 bits per heavy atom. The maximum Gasteiger partial charge on any atom is 0.0971 e. The van der Waals surface area contributed by atoms with Crippen LogP contribution in [0.1, 0.15) is 44.1 Å². The summed E-state index contributed by atoms with van der Waals surface area (Å²) in [6.45, 7) is 4.33. The highest BCUT2D eigenvalue weighted by atomic mass is 32.1. The van der Waals surface area contributed by atoms with Crippen LogP contribution in [0.25, 0.3) is 11.1 Å². The molecule has 0 fully saturated rings. The molecule has 2 atom stereocenters. The number of benzene rings is 3. The minimum absolute atomic E-state index is 0.423. The van der Waals surface area contributed by atoms with Crippen molar-refractivity contribution in [2.24, 2.45) is 0 Å². The fraction of sp³-hybridized carbons (Fsp3) is 0.222. The first-order chi connectivity index (χ1) is 14.2. The van der Waals surface area contributed by atoms with Crippen LogP contribution in [-0.2, 0) is 12.8 Å². The number of nitrogens with zero attached hydrogens (tertiary/aromatic N) is 1. The summed E-state index contributed by atoms with van der Waals surface area (Å²) in [6.07, 6.45) is 2.12. The lowest BCUT2D eigenvalue weighted by Gasteiger charge is -2.34. The van der Waals surface area contributed by atoms with Crippen molar-refractivity contribution >= 4 is 11.3 Å². The van der Waals surface area contributed by atoms with Crippen LogP contribution in [0.2, 0.25) is 0 Å². The molecule has 0 saturated heterocycles. The maximum absolute atomic E-state index is 5.00. The Labute approximate surface area is 177 Å². The summed E-state index contributed by atoms with van der Waals surface area (Å²) in [7, 11) is 0. The molecule has 29 heavy (non-hydrogen) atoms. The molecule has 1 nitrogen and oxygen atoms in total. The number of hydrogen-bond donors (Lipinski definition) is 0. The molecule has 2 unspecified atom stereocenters. The normalized spacial score (nSPS) is 18.4. The monoisotopic (exact) mass is 395 g/mol. The van der Waals surface area contributed by atoms with Gasteiger partial charge in [0.15, 0.2) is 0 Å². The summed E-state index contributed by atoms with van der Waals surface area (Å²) in [5.74, 6) is 0.895. The van der Waals surface area contributed by atoms with Gasteiger partial charge in [-0.05, 0) is 60.4 Å². The van der Waals surface area contributed by atoms with Gasteiger partial charge in [-0.3, -0.25) is 0 Å². The van der Waals surface area contributed by atoms with E-state index in [0.29, 0.717) is 11.8 Å². The second-order valence-corrected chi connectivity index (χ2v) is 9.27. The summed E-state index contributed by atoms with van der Waals surface area (Å²) in [4.78, 5) is 6.35. The fourth-order valence-corrected chi connectivity index (χ4v) is 5.75. The number of aromatic nitrogens is 1. The van der Waals surface area contributed by atoms with Crippen molar-refractivity contribution in [2.45, 2.75) is 38.5 Å². The minimum atomic E-state index is 0.423. The molecular formula is C27H25NS. The lowest BCUT2D eigenvalue weighted by Crippen LogP contribution is -2.23. The predicted octanol–water partition coefficient (Wildman–Crippen LogP) is 7.09. The SMILES string of the molecule is Cc1nc(C2Cc3c(cccc3-c3ccccc3)CC2c2ccccc2)sc1C.